The van der Waals surface area contributed by atoms with Crippen LogP contribution in [0.25, 0.3) is 10.9 Å². The Morgan fingerprint density at radius 3 is 2.27 bits per heavy atom. The van der Waals surface area contributed by atoms with Crippen molar-refractivity contribution in [3.05, 3.63) is 59.8 Å². The third kappa shape index (κ3) is 3.27. The van der Waals surface area contributed by atoms with Crippen molar-refractivity contribution in [2.45, 2.75) is 0 Å². The molecule has 0 aliphatic heterocycles. The Bertz CT molecular complexity index is 992. The van der Waals surface area contributed by atoms with Crippen molar-refractivity contribution in [2.24, 2.45) is 0 Å². The molecule has 7 heteroatoms. The van der Waals surface area contributed by atoms with E-state index in [2.05, 4.69) is 10.3 Å². The molecule has 0 unspecified atom stereocenters. The highest BCUT2D eigenvalue weighted by molar-refractivity contribution is 6.07. The summed E-state index contributed by atoms with van der Waals surface area (Å²) in [5.74, 6) is -2.23. The molecule has 0 aliphatic carbocycles. The van der Waals surface area contributed by atoms with Crippen LogP contribution in [0.3, 0.4) is 0 Å². The van der Waals surface area contributed by atoms with Crippen LogP contribution in [0.1, 0.15) is 20.7 Å². The first-order valence-electron chi connectivity index (χ1n) is 7.80. The molecule has 7 nitrogen and oxygen atoms in total. The van der Waals surface area contributed by atoms with Gasteiger partial charge >= 0.3 is 11.9 Å². The summed E-state index contributed by atoms with van der Waals surface area (Å²) in [7, 11) is 3.85. The first-order valence-corrected chi connectivity index (χ1v) is 7.80. The quantitative estimate of drug-likeness (QED) is 0.647. The molecule has 132 valence electrons. The van der Waals surface area contributed by atoms with Gasteiger partial charge in [-0.1, -0.05) is 0 Å². The van der Waals surface area contributed by atoms with E-state index in [1.54, 1.807) is 6.07 Å². The van der Waals surface area contributed by atoms with Gasteiger partial charge < -0.3 is 20.4 Å². The Kier molecular flexibility index (Phi) is 4.45. The number of hydrogen-bond acceptors (Lipinski definition) is 5. The van der Waals surface area contributed by atoms with Gasteiger partial charge in [0.05, 0.1) is 16.8 Å². The van der Waals surface area contributed by atoms with Crippen LogP contribution in [0.4, 0.5) is 17.1 Å². The van der Waals surface area contributed by atoms with Crippen LogP contribution in [0.5, 0.6) is 0 Å². The van der Waals surface area contributed by atoms with Crippen molar-refractivity contribution in [1.29, 1.82) is 0 Å². The van der Waals surface area contributed by atoms with Crippen molar-refractivity contribution < 1.29 is 19.8 Å². The minimum Gasteiger partial charge on any atom is -0.478 e. The van der Waals surface area contributed by atoms with Crippen LogP contribution < -0.4 is 10.2 Å². The lowest BCUT2D eigenvalue weighted by Gasteiger charge is -2.15. The number of carbonyl (C=O) groups is 2. The number of nitrogens with one attached hydrogen (secondary N) is 1. The van der Waals surface area contributed by atoms with Crippen LogP contribution in [0, 0.1) is 0 Å². The zero-order chi connectivity index (χ0) is 18.8. The van der Waals surface area contributed by atoms with Gasteiger partial charge in [-0.25, -0.2) is 9.59 Å². The molecule has 0 saturated heterocycles. The van der Waals surface area contributed by atoms with Crippen LogP contribution in [-0.4, -0.2) is 41.2 Å². The van der Waals surface area contributed by atoms with Crippen molar-refractivity contribution in [2.75, 3.05) is 24.3 Å². The number of carboxylic acids is 2. The highest BCUT2D eigenvalue weighted by Gasteiger charge is 2.16. The summed E-state index contributed by atoms with van der Waals surface area (Å²) >= 11 is 0. The van der Waals surface area contributed by atoms with Crippen molar-refractivity contribution in [3.63, 3.8) is 0 Å². The molecule has 3 N–H and O–H groups in total. The maximum absolute atomic E-state index is 11.6. The molecule has 0 aliphatic rings. The SMILES string of the molecule is CN(C)c1ccc(Nc2c(C(=O)O)cnc3ccc(C(=O)O)cc23)cc1. The third-order valence-corrected chi connectivity index (χ3v) is 4.00. The largest absolute Gasteiger partial charge is 0.478 e. The number of aromatic nitrogens is 1. The fourth-order valence-electron chi connectivity index (χ4n) is 2.61. The maximum Gasteiger partial charge on any atom is 0.339 e. The van der Waals surface area contributed by atoms with E-state index in [1.165, 1.54) is 18.3 Å². The second-order valence-corrected chi connectivity index (χ2v) is 5.96. The van der Waals surface area contributed by atoms with Gasteiger partial charge in [0, 0.05) is 37.1 Å². The highest BCUT2D eigenvalue weighted by Crippen LogP contribution is 2.30. The number of hydrogen-bond donors (Lipinski definition) is 3. The van der Waals surface area contributed by atoms with E-state index in [1.807, 2.05) is 43.3 Å². The lowest BCUT2D eigenvalue weighted by Crippen LogP contribution is -2.08. The average molecular weight is 351 g/mol. The van der Waals surface area contributed by atoms with E-state index in [-0.39, 0.29) is 11.1 Å². The highest BCUT2D eigenvalue weighted by atomic mass is 16.4. The van der Waals surface area contributed by atoms with Crippen LogP contribution in [0.2, 0.25) is 0 Å². The van der Waals surface area contributed by atoms with Gasteiger partial charge in [-0.3, -0.25) is 4.98 Å². The van der Waals surface area contributed by atoms with Crippen LogP contribution >= 0.6 is 0 Å². The first kappa shape index (κ1) is 17.2. The molecule has 1 heterocycles. The number of anilines is 3. The van der Waals surface area contributed by atoms with Gasteiger partial charge in [-0.05, 0) is 42.5 Å². The van der Waals surface area contributed by atoms with E-state index in [0.29, 0.717) is 22.3 Å². The molecular weight excluding hydrogens is 334 g/mol. The Morgan fingerprint density at radius 2 is 1.69 bits per heavy atom. The molecule has 0 spiro atoms. The molecule has 1 aromatic heterocycles. The molecule has 0 saturated carbocycles. The predicted octanol–water partition coefficient (Wildman–Crippen LogP) is 3.44. The standard InChI is InChI=1S/C19H17N3O4/c1-22(2)13-6-4-12(5-7-13)21-17-14-9-11(18(23)24)3-8-16(14)20-10-15(17)19(25)26/h3-10H,1-2H3,(H,20,21)(H,23,24)(H,25,26). The molecule has 3 rings (SSSR count). The summed E-state index contributed by atoms with van der Waals surface area (Å²) in [5.41, 5.74) is 2.54. The fourth-order valence-corrected chi connectivity index (χ4v) is 2.61. The zero-order valence-corrected chi connectivity index (χ0v) is 14.2. The summed E-state index contributed by atoms with van der Waals surface area (Å²) in [5, 5.41) is 22.2. The molecule has 0 radical (unpaired) electrons. The minimum atomic E-state index is -1.15. The van der Waals surface area contributed by atoms with E-state index in [4.69, 9.17) is 0 Å². The number of benzene rings is 2. The molecule has 0 amide bonds. The van der Waals surface area contributed by atoms with Gasteiger partial charge in [0.2, 0.25) is 0 Å². The third-order valence-electron chi connectivity index (χ3n) is 4.00. The number of carboxylic acid groups (broad SMARTS) is 2. The summed E-state index contributed by atoms with van der Waals surface area (Å²) in [6.45, 7) is 0. The van der Waals surface area contributed by atoms with Crippen molar-refractivity contribution in [1.82, 2.24) is 4.98 Å². The number of nitrogens with zero attached hydrogens (tertiary/aromatic N) is 2. The Balaban J connectivity index is 2.14. The smallest absolute Gasteiger partial charge is 0.339 e. The molecule has 0 atom stereocenters. The monoisotopic (exact) mass is 351 g/mol. The van der Waals surface area contributed by atoms with E-state index in [9.17, 15) is 19.8 Å². The van der Waals surface area contributed by atoms with Crippen LogP contribution in [-0.2, 0) is 0 Å². The number of pyridine rings is 1. The lowest BCUT2D eigenvalue weighted by atomic mass is 10.1. The van der Waals surface area contributed by atoms with Crippen molar-refractivity contribution in [3.8, 4) is 0 Å². The second kappa shape index (κ2) is 6.72. The van der Waals surface area contributed by atoms with E-state index >= 15 is 0 Å². The predicted molar refractivity (Wildman–Crippen MR) is 99.7 cm³/mol. The average Bonchev–Trinajstić information content (AvgIpc) is 2.61. The zero-order valence-electron chi connectivity index (χ0n) is 14.2. The summed E-state index contributed by atoms with van der Waals surface area (Å²) in [6.07, 6.45) is 1.27. The molecule has 3 aromatic rings. The Morgan fingerprint density at radius 1 is 1.00 bits per heavy atom. The van der Waals surface area contributed by atoms with Crippen molar-refractivity contribution >= 4 is 39.9 Å². The fraction of sp³-hybridized carbons (Fsp3) is 0.105. The molecule has 0 bridgehead atoms. The summed E-state index contributed by atoms with van der Waals surface area (Å²) < 4.78 is 0. The summed E-state index contributed by atoms with van der Waals surface area (Å²) in [4.78, 5) is 29.0. The van der Waals surface area contributed by atoms with Crippen LogP contribution in [0.15, 0.2) is 48.7 Å². The topological polar surface area (TPSA) is 103 Å². The first-order chi connectivity index (χ1) is 12.4. The number of aromatic carboxylic acids is 2. The van der Waals surface area contributed by atoms with Gasteiger partial charge in [-0.2, -0.15) is 0 Å². The van der Waals surface area contributed by atoms with Gasteiger partial charge in [0.1, 0.15) is 5.56 Å². The lowest BCUT2D eigenvalue weighted by molar-refractivity contribution is 0.0687. The normalized spacial score (nSPS) is 10.5. The molecule has 2 aromatic carbocycles. The van der Waals surface area contributed by atoms with E-state index < -0.39 is 11.9 Å². The molecule has 26 heavy (non-hydrogen) atoms. The summed E-state index contributed by atoms with van der Waals surface area (Å²) in [6, 6.07) is 11.9. The molecule has 0 fully saturated rings. The second-order valence-electron chi connectivity index (χ2n) is 5.96. The van der Waals surface area contributed by atoms with E-state index in [0.717, 1.165) is 5.69 Å². The molecular formula is C19H17N3O4. The maximum atomic E-state index is 11.6. The van der Waals surface area contributed by atoms with Gasteiger partial charge in [-0.15, -0.1) is 0 Å². The Labute approximate surface area is 149 Å². The number of fused-ring (bicyclic) bond motifs is 1. The van der Waals surface area contributed by atoms with Gasteiger partial charge in [0.25, 0.3) is 0 Å². The minimum absolute atomic E-state index is 0.0308. The Hall–Kier alpha value is -3.61. The van der Waals surface area contributed by atoms with Gasteiger partial charge in [0.15, 0.2) is 0 Å². The number of rotatable bonds is 5.